The molecular formula is C27H36N2O6. The smallest absolute Gasteiger partial charge is 0.251 e. The number of allylic oxidation sites excluding steroid dienone is 1. The first-order valence-corrected chi connectivity index (χ1v) is 11.8. The van der Waals surface area contributed by atoms with Gasteiger partial charge in [-0.2, -0.15) is 0 Å². The zero-order valence-electron chi connectivity index (χ0n) is 20.7. The second-order valence-electron chi connectivity index (χ2n) is 8.01. The highest BCUT2D eigenvalue weighted by Crippen LogP contribution is 2.32. The van der Waals surface area contributed by atoms with Crippen molar-refractivity contribution in [2.75, 3.05) is 20.7 Å². The van der Waals surface area contributed by atoms with E-state index >= 15 is 0 Å². The van der Waals surface area contributed by atoms with Gasteiger partial charge in [0.25, 0.3) is 11.8 Å². The highest BCUT2D eigenvalue weighted by molar-refractivity contribution is 6.00. The molecule has 2 aromatic rings. The van der Waals surface area contributed by atoms with Crippen LogP contribution in [-0.2, 0) is 11.2 Å². The SMILES string of the molecule is CC.CNC(=O)c1cc(/C=C/Cc2cccc([C@H]3OC(CO)CC(O)C3O)c2)cc(C(=O)NC)c1. The molecule has 1 saturated heterocycles. The summed E-state index contributed by atoms with van der Waals surface area (Å²) in [6.45, 7) is 3.77. The number of rotatable bonds is 7. The second-order valence-corrected chi connectivity index (χ2v) is 8.01. The number of nitrogens with one attached hydrogen (secondary N) is 2. The quantitative estimate of drug-likeness (QED) is 0.410. The van der Waals surface area contributed by atoms with Gasteiger partial charge in [-0.15, -0.1) is 0 Å². The van der Waals surface area contributed by atoms with Crippen molar-refractivity contribution in [3.63, 3.8) is 0 Å². The largest absolute Gasteiger partial charge is 0.394 e. The summed E-state index contributed by atoms with van der Waals surface area (Å²) in [5.41, 5.74) is 3.16. The number of aliphatic hydroxyl groups excluding tert-OH is 3. The van der Waals surface area contributed by atoms with Crippen molar-refractivity contribution < 1.29 is 29.6 Å². The maximum absolute atomic E-state index is 12.1. The van der Waals surface area contributed by atoms with Gasteiger partial charge in [-0.1, -0.05) is 50.3 Å². The molecule has 0 bridgehead atoms. The Kier molecular flexibility index (Phi) is 11.1. The molecule has 0 radical (unpaired) electrons. The van der Waals surface area contributed by atoms with Gasteiger partial charge in [0.05, 0.1) is 18.8 Å². The number of hydrogen-bond acceptors (Lipinski definition) is 6. The predicted molar refractivity (Wildman–Crippen MR) is 135 cm³/mol. The van der Waals surface area contributed by atoms with Gasteiger partial charge in [0, 0.05) is 31.6 Å². The number of benzene rings is 2. The van der Waals surface area contributed by atoms with Crippen LogP contribution in [0.4, 0.5) is 0 Å². The molecule has 190 valence electrons. The lowest BCUT2D eigenvalue weighted by Crippen LogP contribution is -2.44. The van der Waals surface area contributed by atoms with Gasteiger partial charge in [-0.25, -0.2) is 0 Å². The van der Waals surface area contributed by atoms with Crippen LogP contribution in [0.1, 0.15) is 63.8 Å². The number of ether oxygens (including phenoxy) is 1. The van der Waals surface area contributed by atoms with Crippen molar-refractivity contribution in [2.45, 2.75) is 51.1 Å². The molecule has 3 unspecified atom stereocenters. The molecule has 4 atom stereocenters. The van der Waals surface area contributed by atoms with E-state index in [0.29, 0.717) is 28.7 Å². The summed E-state index contributed by atoms with van der Waals surface area (Å²) in [6, 6.07) is 12.4. The number of carbonyl (C=O) groups is 2. The zero-order valence-corrected chi connectivity index (χ0v) is 20.7. The summed E-state index contributed by atoms with van der Waals surface area (Å²) in [7, 11) is 3.07. The van der Waals surface area contributed by atoms with Crippen LogP contribution in [0.5, 0.6) is 0 Å². The van der Waals surface area contributed by atoms with E-state index in [0.717, 1.165) is 5.56 Å². The molecule has 5 N–H and O–H groups in total. The van der Waals surface area contributed by atoms with Crippen LogP contribution >= 0.6 is 0 Å². The van der Waals surface area contributed by atoms with Crippen LogP contribution in [0.2, 0.25) is 0 Å². The van der Waals surface area contributed by atoms with Crippen LogP contribution < -0.4 is 10.6 Å². The van der Waals surface area contributed by atoms with Gasteiger partial charge >= 0.3 is 0 Å². The Morgan fingerprint density at radius 3 is 2.23 bits per heavy atom. The molecule has 1 fully saturated rings. The van der Waals surface area contributed by atoms with Crippen LogP contribution in [0, 0.1) is 0 Å². The standard InChI is InChI=1S/C25H30N2O6.C2H6/c1-26-24(31)18-10-16(11-19(12-18)25(32)27-2)7-3-5-15-6-4-8-17(9-15)23-22(30)21(29)13-20(14-28)33-23;1-2/h3-4,6-12,20-23,28-30H,5,13-14H2,1-2H3,(H,26,31)(H,27,32);1-2H3/b7-3+;/t20?,21?,22?,23-;/m1./s1. The van der Waals surface area contributed by atoms with E-state index in [1.54, 1.807) is 18.2 Å². The monoisotopic (exact) mass is 484 g/mol. The summed E-state index contributed by atoms with van der Waals surface area (Å²) in [5, 5.41) is 35.0. The number of aliphatic hydroxyl groups is 3. The van der Waals surface area contributed by atoms with Gasteiger partial charge in [-0.05, 0) is 41.3 Å². The number of carbonyl (C=O) groups excluding carboxylic acids is 2. The zero-order chi connectivity index (χ0) is 26.0. The van der Waals surface area contributed by atoms with Crippen LogP contribution in [0.25, 0.3) is 6.08 Å². The van der Waals surface area contributed by atoms with Crippen molar-refractivity contribution in [3.8, 4) is 0 Å². The van der Waals surface area contributed by atoms with Crippen molar-refractivity contribution in [1.29, 1.82) is 0 Å². The van der Waals surface area contributed by atoms with E-state index in [1.165, 1.54) is 14.1 Å². The highest BCUT2D eigenvalue weighted by Gasteiger charge is 2.37. The average Bonchev–Trinajstić information content (AvgIpc) is 2.90. The van der Waals surface area contributed by atoms with E-state index in [1.807, 2.05) is 50.3 Å². The third-order valence-corrected chi connectivity index (χ3v) is 5.63. The summed E-state index contributed by atoms with van der Waals surface area (Å²) in [6.07, 6.45) is 1.20. The molecular weight excluding hydrogens is 448 g/mol. The van der Waals surface area contributed by atoms with E-state index in [4.69, 9.17) is 4.74 Å². The Morgan fingerprint density at radius 1 is 1.03 bits per heavy atom. The van der Waals surface area contributed by atoms with E-state index < -0.39 is 24.4 Å². The minimum atomic E-state index is -1.07. The lowest BCUT2D eigenvalue weighted by molar-refractivity contribution is -0.179. The molecule has 0 aromatic heterocycles. The maximum atomic E-state index is 12.1. The Balaban J connectivity index is 0.00000210. The first-order chi connectivity index (χ1) is 16.9. The Labute approximate surface area is 206 Å². The van der Waals surface area contributed by atoms with E-state index in [-0.39, 0.29) is 24.8 Å². The van der Waals surface area contributed by atoms with Crippen LogP contribution in [-0.4, -0.2) is 66.1 Å². The molecule has 0 spiro atoms. The van der Waals surface area contributed by atoms with Gasteiger partial charge < -0.3 is 30.7 Å². The minimum absolute atomic E-state index is 0.184. The molecule has 0 aliphatic carbocycles. The molecule has 1 heterocycles. The third-order valence-electron chi connectivity index (χ3n) is 5.63. The molecule has 3 rings (SSSR count). The summed E-state index contributed by atoms with van der Waals surface area (Å²) in [4.78, 5) is 24.1. The molecule has 1 aliphatic rings. The number of hydrogen-bond donors (Lipinski definition) is 5. The molecule has 0 saturated carbocycles. The fourth-order valence-corrected chi connectivity index (χ4v) is 3.87. The number of amides is 2. The second kappa shape index (κ2) is 13.7. The summed E-state index contributed by atoms with van der Waals surface area (Å²) < 4.78 is 5.77. The van der Waals surface area contributed by atoms with Crippen molar-refractivity contribution in [2.24, 2.45) is 0 Å². The van der Waals surface area contributed by atoms with Gasteiger partial charge in [0.2, 0.25) is 0 Å². The summed E-state index contributed by atoms with van der Waals surface area (Å²) in [5.74, 6) is -0.560. The Bertz CT molecular complexity index is 988. The highest BCUT2D eigenvalue weighted by atomic mass is 16.5. The normalized spacial score (nSPS) is 21.7. The topological polar surface area (TPSA) is 128 Å². The van der Waals surface area contributed by atoms with Crippen LogP contribution in [0.3, 0.4) is 0 Å². The first kappa shape index (κ1) is 28.2. The van der Waals surface area contributed by atoms with Gasteiger partial charge in [0.15, 0.2) is 0 Å². The van der Waals surface area contributed by atoms with Crippen LogP contribution in [0.15, 0.2) is 48.5 Å². The van der Waals surface area contributed by atoms with Crippen molar-refractivity contribution >= 4 is 17.9 Å². The molecule has 2 aromatic carbocycles. The Morgan fingerprint density at radius 2 is 1.66 bits per heavy atom. The molecule has 8 heteroatoms. The first-order valence-electron chi connectivity index (χ1n) is 11.8. The van der Waals surface area contributed by atoms with Crippen molar-refractivity contribution in [1.82, 2.24) is 10.6 Å². The van der Waals surface area contributed by atoms with E-state index in [9.17, 15) is 24.9 Å². The fourth-order valence-electron chi connectivity index (χ4n) is 3.87. The predicted octanol–water partition coefficient (Wildman–Crippen LogP) is 2.23. The lowest BCUT2D eigenvalue weighted by Gasteiger charge is -2.37. The van der Waals surface area contributed by atoms with Gasteiger partial charge in [0.1, 0.15) is 12.2 Å². The fraction of sp³-hybridized carbons (Fsp3) is 0.407. The third kappa shape index (κ3) is 7.47. The maximum Gasteiger partial charge on any atom is 0.251 e. The molecule has 1 aliphatic heterocycles. The molecule has 8 nitrogen and oxygen atoms in total. The van der Waals surface area contributed by atoms with E-state index in [2.05, 4.69) is 10.6 Å². The average molecular weight is 485 g/mol. The van der Waals surface area contributed by atoms with Crippen molar-refractivity contribution in [3.05, 3.63) is 76.4 Å². The molecule has 35 heavy (non-hydrogen) atoms. The summed E-state index contributed by atoms with van der Waals surface area (Å²) >= 11 is 0. The lowest BCUT2D eigenvalue weighted by atomic mass is 9.92. The molecule has 2 amide bonds. The minimum Gasteiger partial charge on any atom is -0.394 e. The van der Waals surface area contributed by atoms with Gasteiger partial charge in [-0.3, -0.25) is 9.59 Å². The Hall–Kier alpha value is -3.04.